The van der Waals surface area contributed by atoms with Crippen LogP contribution in [0.5, 0.6) is 0 Å². The van der Waals surface area contributed by atoms with E-state index in [-0.39, 0.29) is 25.6 Å². The average Bonchev–Trinajstić information content (AvgIpc) is 2.47. The Kier molecular flexibility index (Phi) is 16.8. The molecule has 0 aromatic rings. The van der Waals surface area contributed by atoms with Crippen LogP contribution in [0.3, 0.4) is 0 Å². The Hall–Kier alpha value is 0.400. The summed E-state index contributed by atoms with van der Waals surface area (Å²) in [5.41, 5.74) is 0. The van der Waals surface area contributed by atoms with Gasteiger partial charge in [0.15, 0.2) is 0 Å². The summed E-state index contributed by atoms with van der Waals surface area (Å²) in [5, 5.41) is 0. The predicted octanol–water partition coefficient (Wildman–Crippen LogP) is 4.39. The molecule has 0 aliphatic rings. The van der Waals surface area contributed by atoms with Gasteiger partial charge in [0.05, 0.1) is 25.6 Å². The fourth-order valence-electron chi connectivity index (χ4n) is 2.23. The van der Waals surface area contributed by atoms with E-state index >= 15 is 0 Å². The van der Waals surface area contributed by atoms with E-state index in [0.29, 0.717) is 11.8 Å². The highest BCUT2D eigenvalue weighted by Gasteiger charge is 2.16. The first-order valence-corrected chi connectivity index (χ1v) is 10.0. The molecular formula is C16H36ClO4P. The molecule has 0 saturated carbocycles. The minimum absolute atomic E-state index is 0. The summed E-state index contributed by atoms with van der Waals surface area (Å²) in [5.74, 6) is 0.607. The third-order valence-corrected chi connectivity index (χ3v) is 4.95. The Morgan fingerprint density at radius 2 is 1.23 bits per heavy atom. The zero-order valence-corrected chi connectivity index (χ0v) is 16.5. The van der Waals surface area contributed by atoms with Gasteiger partial charge in [-0.25, -0.2) is 0 Å². The van der Waals surface area contributed by atoms with Crippen LogP contribution in [0, 0.1) is 24.2 Å². The summed E-state index contributed by atoms with van der Waals surface area (Å²) in [6, 6.07) is 0. The van der Waals surface area contributed by atoms with Crippen LogP contribution in [-0.2, 0) is 13.6 Å². The highest BCUT2D eigenvalue weighted by Crippen LogP contribution is 2.40. The topological polar surface area (TPSA) is 58.6 Å². The molecule has 0 bridgehead atoms. The van der Waals surface area contributed by atoms with Crippen molar-refractivity contribution in [1.82, 2.24) is 0 Å². The zero-order chi connectivity index (χ0) is 16.1. The number of unbranched alkanes of at least 4 members (excludes halogenated alkanes) is 2. The van der Waals surface area contributed by atoms with Crippen LogP contribution in [0.2, 0.25) is 0 Å². The van der Waals surface area contributed by atoms with Crippen molar-refractivity contribution in [3.8, 4) is 0 Å². The van der Waals surface area contributed by atoms with E-state index in [0.717, 1.165) is 51.4 Å². The van der Waals surface area contributed by atoms with Gasteiger partial charge in [-0.1, -0.05) is 66.2 Å². The van der Waals surface area contributed by atoms with Gasteiger partial charge in [0.25, 0.3) is 7.82 Å². The van der Waals surface area contributed by atoms with Crippen molar-refractivity contribution in [3.63, 3.8) is 0 Å². The molecule has 0 spiro atoms. The van der Waals surface area contributed by atoms with Crippen LogP contribution in [0.4, 0.5) is 0 Å². The van der Waals surface area contributed by atoms with Crippen LogP contribution in [0.1, 0.15) is 79.1 Å². The van der Waals surface area contributed by atoms with E-state index in [1.807, 2.05) is 0 Å². The maximum atomic E-state index is 11.8. The molecule has 22 heavy (non-hydrogen) atoms. The van der Waals surface area contributed by atoms with Gasteiger partial charge in [0.1, 0.15) is 0 Å². The first-order chi connectivity index (χ1) is 9.99. The van der Waals surface area contributed by atoms with Crippen molar-refractivity contribution in [1.29, 1.82) is 0 Å². The van der Waals surface area contributed by atoms with Gasteiger partial charge >= 0.3 is 0 Å². The van der Waals surface area contributed by atoms with Gasteiger partial charge in [-0.15, -0.1) is 0 Å². The second-order valence-electron chi connectivity index (χ2n) is 5.87. The van der Waals surface area contributed by atoms with Crippen molar-refractivity contribution in [2.24, 2.45) is 11.8 Å². The monoisotopic (exact) mass is 358 g/mol. The molecule has 2 unspecified atom stereocenters. The minimum Gasteiger partial charge on any atom is -0.756 e. The maximum absolute atomic E-state index is 11.8. The summed E-state index contributed by atoms with van der Waals surface area (Å²) in [7, 11) is -4.14. The summed E-state index contributed by atoms with van der Waals surface area (Å²) in [4.78, 5) is 11.8. The molecule has 0 aromatic heterocycles. The van der Waals surface area contributed by atoms with Gasteiger partial charge < -0.3 is 13.9 Å². The minimum atomic E-state index is -4.14. The van der Waals surface area contributed by atoms with Gasteiger partial charge in [-0.2, -0.15) is 0 Å². The van der Waals surface area contributed by atoms with E-state index in [9.17, 15) is 9.46 Å². The maximum Gasteiger partial charge on any atom is 0.267 e. The molecule has 0 heterocycles. The number of phosphoric acid groups is 1. The summed E-state index contributed by atoms with van der Waals surface area (Å²) in [6.45, 7) is 8.91. The number of halogens is 1. The summed E-state index contributed by atoms with van der Waals surface area (Å²) in [6.07, 6.45) is 8.38. The smallest absolute Gasteiger partial charge is 0.267 e. The Bertz CT molecular complexity index is 265. The first kappa shape index (κ1) is 24.6. The largest absolute Gasteiger partial charge is 0.756 e. The SMILES string of the molecule is CCCCC(CC)COP(=O)([O-])OCC(CC)CCCC.[ClH2+]. The van der Waals surface area contributed by atoms with E-state index in [1.165, 1.54) is 0 Å². The predicted molar refractivity (Wildman–Crippen MR) is 88.9 cm³/mol. The molecule has 0 rings (SSSR count). The molecule has 0 saturated heterocycles. The molecule has 0 aromatic carbocycles. The number of rotatable bonds is 14. The van der Waals surface area contributed by atoms with Crippen LogP contribution >= 0.6 is 7.82 Å². The van der Waals surface area contributed by atoms with Crippen LogP contribution in [0.25, 0.3) is 0 Å². The summed E-state index contributed by atoms with van der Waals surface area (Å²) >= 11 is 0. The fraction of sp³-hybridized carbons (Fsp3) is 1.00. The van der Waals surface area contributed by atoms with E-state index in [1.54, 1.807) is 0 Å². The number of phosphoric ester groups is 1. The molecule has 4 nitrogen and oxygen atoms in total. The van der Waals surface area contributed by atoms with Crippen molar-refractivity contribution in [2.45, 2.75) is 79.1 Å². The molecule has 0 fully saturated rings. The zero-order valence-electron chi connectivity index (χ0n) is 14.8. The lowest BCUT2D eigenvalue weighted by molar-refractivity contribution is -0.227. The van der Waals surface area contributed by atoms with Gasteiger partial charge in [-0.05, 0) is 24.7 Å². The highest BCUT2D eigenvalue weighted by atomic mass is 35.5. The second-order valence-corrected chi connectivity index (χ2v) is 7.28. The van der Waals surface area contributed by atoms with E-state index in [4.69, 9.17) is 9.05 Å². The third-order valence-electron chi connectivity index (χ3n) is 4.02. The first-order valence-electron chi connectivity index (χ1n) is 8.59. The van der Waals surface area contributed by atoms with Crippen molar-refractivity contribution in [2.75, 3.05) is 13.2 Å². The molecular weight excluding hydrogens is 323 g/mol. The Labute approximate surface area is 143 Å². The normalized spacial score (nSPS) is 16.6. The highest BCUT2D eigenvalue weighted by molar-refractivity contribution is 7.45. The Balaban J connectivity index is 0. The lowest BCUT2D eigenvalue weighted by Gasteiger charge is -2.27. The molecule has 2 atom stereocenters. The van der Waals surface area contributed by atoms with Gasteiger partial charge in [-0.3, -0.25) is 4.57 Å². The van der Waals surface area contributed by atoms with Crippen molar-refractivity contribution in [3.05, 3.63) is 0 Å². The number of hydrogen-bond donors (Lipinski definition) is 0. The quantitative estimate of drug-likeness (QED) is 0.432. The lowest BCUT2D eigenvalue weighted by atomic mass is 10.0. The van der Waals surface area contributed by atoms with E-state index < -0.39 is 7.82 Å². The molecule has 0 aliphatic heterocycles. The molecule has 0 aliphatic carbocycles. The molecule has 0 N–H and O–H groups in total. The standard InChI is InChI=1S/C16H35O4P.ClH2/c1-5-9-11-15(7-3)13-19-21(17,18)20-14-16(8-4)12-10-6-2;/h15-16H,5-14H2,1-4H3,(H,17,18);1H2/q;+1/p-1. The van der Waals surface area contributed by atoms with Gasteiger partial charge in [0.2, 0.25) is 0 Å². The molecule has 6 heteroatoms. The van der Waals surface area contributed by atoms with Crippen molar-refractivity contribution >= 4 is 7.82 Å². The molecule has 136 valence electrons. The second kappa shape index (κ2) is 15.0. The average molecular weight is 359 g/mol. The summed E-state index contributed by atoms with van der Waals surface area (Å²) < 4.78 is 21.9. The Morgan fingerprint density at radius 3 is 1.50 bits per heavy atom. The van der Waals surface area contributed by atoms with Crippen LogP contribution in [0.15, 0.2) is 0 Å². The number of hydrogen-bond acceptors (Lipinski definition) is 4. The van der Waals surface area contributed by atoms with Crippen LogP contribution in [-0.4, -0.2) is 13.2 Å². The van der Waals surface area contributed by atoms with Crippen LogP contribution < -0.4 is 4.89 Å². The van der Waals surface area contributed by atoms with Crippen molar-refractivity contribution < 1.29 is 30.9 Å². The Morgan fingerprint density at radius 1 is 0.864 bits per heavy atom. The third kappa shape index (κ3) is 12.9. The lowest BCUT2D eigenvalue weighted by Crippen LogP contribution is -2.17. The van der Waals surface area contributed by atoms with Gasteiger partial charge in [0, 0.05) is 0 Å². The van der Waals surface area contributed by atoms with E-state index in [2.05, 4.69) is 27.7 Å². The molecule has 0 amide bonds. The molecule has 0 radical (unpaired) electrons. The fourth-order valence-corrected chi connectivity index (χ4v) is 3.09.